The molecule has 5 rings (SSSR count). The molecule has 0 spiro atoms. The summed E-state index contributed by atoms with van der Waals surface area (Å²) in [5.41, 5.74) is -0.672. The topological polar surface area (TPSA) is 12.9 Å². The van der Waals surface area contributed by atoms with Gasteiger partial charge in [0.05, 0.1) is 33.6 Å². The van der Waals surface area contributed by atoms with Crippen LogP contribution in [-0.4, -0.2) is 4.98 Å². The number of hydrogen-bond acceptors (Lipinski definition) is 1. The lowest BCUT2D eigenvalue weighted by Gasteiger charge is -2.10. The Morgan fingerprint density at radius 1 is 0.296 bits per heavy atom. The number of aromatic nitrogens is 1. The smallest absolute Gasteiger partial charge is 0.248 e. The van der Waals surface area contributed by atoms with Crippen LogP contribution in [0.5, 0.6) is 0 Å². The largest absolute Gasteiger partial charge is 0.416 e. The van der Waals surface area contributed by atoms with Gasteiger partial charge in [0.25, 0.3) is 0 Å². The van der Waals surface area contributed by atoms with E-state index in [0.29, 0.717) is 33.4 Å². The van der Waals surface area contributed by atoms with Crippen LogP contribution in [0.2, 0.25) is 0 Å². The molecule has 0 aliphatic carbocycles. The minimum Gasteiger partial charge on any atom is -0.248 e. The van der Waals surface area contributed by atoms with Gasteiger partial charge in [-0.2, -0.15) is 52.7 Å². The number of hydrogen-bond donors (Lipinski definition) is 0. The van der Waals surface area contributed by atoms with Gasteiger partial charge >= 0.3 is 24.7 Å². The highest BCUT2D eigenvalue weighted by atomic mass is 19.4. The first kappa shape index (κ1) is 39.4. The lowest BCUT2D eigenvalue weighted by molar-refractivity contribution is -0.138. The number of alkyl halides is 12. The molecule has 54 heavy (non-hydrogen) atoms. The van der Waals surface area contributed by atoms with Crippen molar-refractivity contribution in [1.29, 1.82) is 0 Å². The van der Waals surface area contributed by atoms with E-state index in [1.54, 1.807) is 18.2 Å². The summed E-state index contributed by atoms with van der Waals surface area (Å²) in [5.74, 6) is 0. The van der Waals surface area contributed by atoms with E-state index in [1.165, 1.54) is 85.0 Å². The fraction of sp³-hybridized carbons (Fsp3) is 0.0976. The van der Waals surface area contributed by atoms with Gasteiger partial charge in [-0.25, -0.2) is 4.98 Å². The summed E-state index contributed by atoms with van der Waals surface area (Å²) < 4.78 is 157. The number of halogens is 12. The van der Waals surface area contributed by atoms with Crippen molar-refractivity contribution in [1.82, 2.24) is 4.98 Å². The Kier molecular flexibility index (Phi) is 11.4. The van der Waals surface area contributed by atoms with E-state index >= 15 is 0 Å². The minimum absolute atomic E-state index is 0.247. The third-order valence-corrected chi connectivity index (χ3v) is 7.87. The SMILES string of the molecule is FC(F)(F)c1ccc(/C=C/c2cc(/C=C/c3ccc(C(F)(F)F)cc3)c(/C=C/c3ccc(C(F)(F)F)cc3)nc2/C=C/c2ccc(C(F)(F)F)cc2)cc1. The van der Waals surface area contributed by atoms with Crippen molar-refractivity contribution in [2.24, 2.45) is 0 Å². The Balaban J connectivity index is 1.61. The highest BCUT2D eigenvalue weighted by molar-refractivity contribution is 5.84. The Hall–Kier alpha value is -5.85. The molecule has 0 aliphatic heterocycles. The first-order valence-corrected chi connectivity index (χ1v) is 15.7. The van der Waals surface area contributed by atoms with Gasteiger partial charge in [-0.05, 0) is 89.0 Å². The fourth-order valence-electron chi connectivity index (χ4n) is 4.96. The molecular formula is C41H25F12N. The van der Waals surface area contributed by atoms with Crippen LogP contribution >= 0.6 is 0 Å². The highest BCUT2D eigenvalue weighted by Gasteiger charge is 2.32. The Bertz CT molecular complexity index is 1850. The van der Waals surface area contributed by atoms with Gasteiger partial charge in [0.15, 0.2) is 0 Å². The van der Waals surface area contributed by atoms with Crippen molar-refractivity contribution < 1.29 is 52.7 Å². The Labute approximate surface area is 300 Å². The highest BCUT2D eigenvalue weighted by Crippen LogP contribution is 2.33. The number of rotatable bonds is 8. The summed E-state index contributed by atoms with van der Waals surface area (Å²) in [6, 6.07) is 18.7. The second-order valence-corrected chi connectivity index (χ2v) is 11.7. The molecule has 0 aliphatic rings. The molecule has 0 saturated heterocycles. The molecular weight excluding hydrogens is 734 g/mol. The van der Waals surface area contributed by atoms with E-state index in [0.717, 1.165) is 48.5 Å². The lowest BCUT2D eigenvalue weighted by Crippen LogP contribution is -2.04. The molecule has 5 aromatic rings. The van der Waals surface area contributed by atoms with Crippen LogP contribution in [0.1, 0.15) is 67.0 Å². The summed E-state index contributed by atoms with van der Waals surface area (Å²) in [7, 11) is 0. The summed E-state index contributed by atoms with van der Waals surface area (Å²) in [5, 5.41) is 0. The second-order valence-electron chi connectivity index (χ2n) is 11.7. The average Bonchev–Trinajstić information content (AvgIpc) is 3.11. The first-order valence-electron chi connectivity index (χ1n) is 15.7. The van der Waals surface area contributed by atoms with Gasteiger partial charge in [-0.15, -0.1) is 0 Å². The molecule has 0 unspecified atom stereocenters. The third kappa shape index (κ3) is 10.6. The van der Waals surface area contributed by atoms with Gasteiger partial charge in [-0.3, -0.25) is 0 Å². The number of benzene rings is 4. The first-order chi connectivity index (χ1) is 25.3. The van der Waals surface area contributed by atoms with E-state index in [-0.39, 0.29) is 11.4 Å². The van der Waals surface area contributed by atoms with Crippen LogP contribution in [-0.2, 0) is 24.7 Å². The molecule has 0 amide bonds. The second kappa shape index (κ2) is 15.6. The predicted molar refractivity (Wildman–Crippen MR) is 186 cm³/mol. The van der Waals surface area contributed by atoms with Gasteiger partial charge in [0.2, 0.25) is 0 Å². The van der Waals surface area contributed by atoms with Crippen molar-refractivity contribution in [2.45, 2.75) is 24.7 Å². The van der Waals surface area contributed by atoms with Crippen LogP contribution in [0.15, 0.2) is 103 Å². The number of nitrogens with zero attached hydrogens (tertiary/aromatic N) is 1. The van der Waals surface area contributed by atoms with Crippen LogP contribution in [0.4, 0.5) is 52.7 Å². The summed E-state index contributed by atoms with van der Waals surface area (Å²) in [6.07, 6.45) is -6.17. The summed E-state index contributed by atoms with van der Waals surface area (Å²) in [4.78, 5) is 4.70. The van der Waals surface area contributed by atoms with Crippen LogP contribution in [0.25, 0.3) is 48.6 Å². The molecule has 0 saturated carbocycles. The molecule has 13 heteroatoms. The average molecular weight is 760 g/mol. The van der Waals surface area contributed by atoms with Crippen molar-refractivity contribution in [3.63, 3.8) is 0 Å². The lowest BCUT2D eigenvalue weighted by atomic mass is 10.0. The molecule has 1 aromatic heterocycles. The van der Waals surface area contributed by atoms with Crippen molar-refractivity contribution in [2.75, 3.05) is 0 Å². The maximum Gasteiger partial charge on any atom is 0.416 e. The molecule has 0 fully saturated rings. The van der Waals surface area contributed by atoms with Crippen LogP contribution in [0, 0.1) is 0 Å². The normalized spacial score (nSPS) is 13.3. The summed E-state index contributed by atoms with van der Waals surface area (Å²) in [6.45, 7) is 0. The van der Waals surface area contributed by atoms with Crippen molar-refractivity contribution in [3.05, 3.63) is 170 Å². The van der Waals surface area contributed by atoms with Gasteiger partial charge in [0.1, 0.15) is 0 Å². The molecule has 1 nitrogen and oxygen atoms in total. The molecule has 1 heterocycles. The zero-order chi connectivity index (χ0) is 39.3. The Morgan fingerprint density at radius 3 is 0.741 bits per heavy atom. The maximum absolute atomic E-state index is 13.1. The number of pyridine rings is 1. The molecule has 0 bridgehead atoms. The standard InChI is InChI=1S/C41H25F12N/c42-38(43,44)32-15-3-26(4-16-32)1-13-30-25-31(14-2-27-5-17-33(18-6-27)39(45,46)47)37(24-12-29-9-21-35(22-10-29)41(51,52)53)54-36(30)23-11-28-7-19-34(20-8-28)40(48,49)50/h1-25H/b13-1+,14-2+,23-11+,24-12+. The molecule has 4 aromatic carbocycles. The molecule has 0 N–H and O–H groups in total. The van der Waals surface area contributed by atoms with E-state index in [9.17, 15) is 52.7 Å². The van der Waals surface area contributed by atoms with Crippen LogP contribution in [0.3, 0.4) is 0 Å². The van der Waals surface area contributed by atoms with E-state index in [2.05, 4.69) is 0 Å². The zero-order valence-electron chi connectivity index (χ0n) is 27.4. The van der Waals surface area contributed by atoms with Crippen LogP contribution < -0.4 is 0 Å². The third-order valence-electron chi connectivity index (χ3n) is 7.87. The van der Waals surface area contributed by atoms with E-state index in [1.807, 2.05) is 0 Å². The van der Waals surface area contributed by atoms with Gasteiger partial charge < -0.3 is 0 Å². The monoisotopic (exact) mass is 759 g/mol. The zero-order valence-corrected chi connectivity index (χ0v) is 27.4. The van der Waals surface area contributed by atoms with Crippen molar-refractivity contribution >= 4 is 48.6 Å². The minimum atomic E-state index is -4.56. The molecule has 0 radical (unpaired) electrons. The van der Waals surface area contributed by atoms with E-state index in [4.69, 9.17) is 4.98 Å². The summed E-state index contributed by atoms with van der Waals surface area (Å²) >= 11 is 0. The van der Waals surface area contributed by atoms with E-state index < -0.39 is 47.0 Å². The predicted octanol–water partition coefficient (Wildman–Crippen LogP) is 13.8. The molecule has 278 valence electrons. The van der Waals surface area contributed by atoms with Crippen molar-refractivity contribution in [3.8, 4) is 0 Å². The Morgan fingerprint density at radius 2 is 0.519 bits per heavy atom. The van der Waals surface area contributed by atoms with Gasteiger partial charge in [-0.1, -0.05) is 85.0 Å². The maximum atomic E-state index is 13.1. The quantitative estimate of drug-likeness (QED) is 0.144. The molecule has 0 atom stereocenters. The van der Waals surface area contributed by atoms with Gasteiger partial charge in [0, 0.05) is 11.1 Å². The fourth-order valence-corrected chi connectivity index (χ4v) is 4.96.